The third-order valence-corrected chi connectivity index (χ3v) is 6.01. The molecule has 5 rings (SSSR count). The average molecular weight is 333 g/mol. The Morgan fingerprint density at radius 1 is 1.38 bits per heavy atom. The Bertz CT molecular complexity index is 638. The van der Waals surface area contributed by atoms with Gasteiger partial charge in [0.05, 0.1) is 17.9 Å². The quantitative estimate of drug-likeness (QED) is 0.882. The molecule has 2 N–H and O–H groups in total. The van der Waals surface area contributed by atoms with Crippen LogP contribution in [0.25, 0.3) is 0 Å². The van der Waals surface area contributed by atoms with Crippen LogP contribution in [0.5, 0.6) is 5.88 Å². The number of nitrogens with zero attached hydrogens (tertiary/aromatic N) is 2. The van der Waals surface area contributed by atoms with Crippen LogP contribution < -0.4 is 10.1 Å². The SMILES string of the molecule is CC(C)Oc1c(C(=O)N[C@H]2C3CC4CC2C[C@](O)(C4)C3)cnn1C. The Kier molecular flexibility index (Phi) is 3.64. The van der Waals surface area contributed by atoms with Gasteiger partial charge in [-0.2, -0.15) is 5.10 Å². The molecule has 132 valence electrons. The molecular weight excluding hydrogens is 306 g/mol. The van der Waals surface area contributed by atoms with Gasteiger partial charge in [-0.1, -0.05) is 0 Å². The summed E-state index contributed by atoms with van der Waals surface area (Å²) in [6, 6.07) is 0.168. The molecule has 0 saturated heterocycles. The Hall–Kier alpha value is -1.56. The lowest BCUT2D eigenvalue weighted by molar-refractivity contribution is -0.136. The lowest BCUT2D eigenvalue weighted by Crippen LogP contribution is -2.61. The summed E-state index contributed by atoms with van der Waals surface area (Å²) in [5.74, 6) is 1.85. The van der Waals surface area contributed by atoms with Gasteiger partial charge >= 0.3 is 0 Å². The first-order valence-corrected chi connectivity index (χ1v) is 9.06. The molecule has 4 fully saturated rings. The van der Waals surface area contributed by atoms with E-state index in [-0.39, 0.29) is 18.1 Å². The maximum Gasteiger partial charge on any atom is 0.258 e. The molecule has 0 spiro atoms. The summed E-state index contributed by atoms with van der Waals surface area (Å²) in [6.07, 6.45) is 6.44. The van der Waals surface area contributed by atoms with Crippen LogP contribution >= 0.6 is 0 Å². The summed E-state index contributed by atoms with van der Waals surface area (Å²) >= 11 is 0. The van der Waals surface area contributed by atoms with E-state index in [0.717, 1.165) is 32.1 Å². The van der Waals surface area contributed by atoms with Gasteiger partial charge in [-0.05, 0) is 63.7 Å². The second-order valence-electron chi connectivity index (χ2n) is 8.35. The van der Waals surface area contributed by atoms with Crippen molar-refractivity contribution in [1.29, 1.82) is 0 Å². The molecule has 0 radical (unpaired) electrons. The molecule has 4 aliphatic carbocycles. The fourth-order valence-electron chi connectivity index (χ4n) is 5.39. The van der Waals surface area contributed by atoms with Gasteiger partial charge in [0.15, 0.2) is 0 Å². The zero-order valence-electron chi connectivity index (χ0n) is 14.7. The van der Waals surface area contributed by atoms with E-state index in [4.69, 9.17) is 4.74 Å². The van der Waals surface area contributed by atoms with Crippen molar-refractivity contribution >= 4 is 5.91 Å². The van der Waals surface area contributed by atoms with Gasteiger partial charge in [0, 0.05) is 13.1 Å². The highest BCUT2D eigenvalue weighted by atomic mass is 16.5. The number of aliphatic hydroxyl groups is 1. The van der Waals surface area contributed by atoms with E-state index in [1.165, 1.54) is 0 Å². The maximum atomic E-state index is 12.8. The Morgan fingerprint density at radius 3 is 2.62 bits per heavy atom. The summed E-state index contributed by atoms with van der Waals surface area (Å²) in [6.45, 7) is 3.88. The number of carbonyl (C=O) groups is 1. The molecule has 4 aliphatic rings. The third kappa shape index (κ3) is 2.61. The number of hydrogen-bond donors (Lipinski definition) is 2. The molecule has 2 unspecified atom stereocenters. The zero-order valence-corrected chi connectivity index (χ0v) is 14.7. The number of hydrogen-bond acceptors (Lipinski definition) is 4. The minimum atomic E-state index is -0.474. The van der Waals surface area contributed by atoms with Gasteiger partial charge in [0.1, 0.15) is 5.56 Å². The van der Waals surface area contributed by atoms with Crippen molar-refractivity contribution in [3.8, 4) is 5.88 Å². The molecule has 1 heterocycles. The van der Waals surface area contributed by atoms with Crippen molar-refractivity contribution in [2.45, 2.75) is 63.7 Å². The Labute approximate surface area is 142 Å². The molecule has 0 aliphatic heterocycles. The van der Waals surface area contributed by atoms with E-state index in [0.29, 0.717) is 29.2 Å². The van der Waals surface area contributed by atoms with Gasteiger partial charge in [-0.25, -0.2) is 4.68 Å². The predicted molar refractivity (Wildman–Crippen MR) is 88.7 cm³/mol. The molecule has 1 amide bonds. The van der Waals surface area contributed by atoms with Gasteiger partial charge in [-0.15, -0.1) is 0 Å². The van der Waals surface area contributed by atoms with Gasteiger partial charge in [0.25, 0.3) is 5.91 Å². The molecule has 6 heteroatoms. The van der Waals surface area contributed by atoms with Crippen LogP contribution in [0.2, 0.25) is 0 Å². The number of aryl methyl sites for hydroxylation is 1. The number of nitrogens with one attached hydrogen (secondary N) is 1. The zero-order chi connectivity index (χ0) is 17.1. The van der Waals surface area contributed by atoms with Crippen molar-refractivity contribution < 1.29 is 14.6 Å². The first-order chi connectivity index (χ1) is 11.3. The minimum absolute atomic E-state index is 0.0117. The van der Waals surface area contributed by atoms with Crippen LogP contribution in [-0.4, -0.2) is 38.5 Å². The second kappa shape index (κ2) is 5.48. The van der Waals surface area contributed by atoms with Gasteiger partial charge in [-0.3, -0.25) is 4.79 Å². The Morgan fingerprint density at radius 2 is 2.04 bits per heavy atom. The van der Waals surface area contributed by atoms with Crippen LogP contribution in [0.4, 0.5) is 0 Å². The molecule has 6 nitrogen and oxygen atoms in total. The third-order valence-electron chi connectivity index (χ3n) is 6.01. The van der Waals surface area contributed by atoms with Crippen LogP contribution in [0.3, 0.4) is 0 Å². The molecule has 1 aromatic rings. The standard InChI is InChI=1S/C18H27N3O3/c1-10(2)24-17-14(9-19-21(17)3)16(22)20-15-12-4-11-5-13(15)8-18(23,6-11)7-12/h9-13,15,23H,4-8H2,1-3H3,(H,20,22)/t11?,12?,13?,15-,18-. The van der Waals surface area contributed by atoms with Crippen molar-refractivity contribution in [3.05, 3.63) is 11.8 Å². The summed E-state index contributed by atoms with van der Waals surface area (Å²) in [4.78, 5) is 12.8. The normalized spacial score (nSPS) is 37.0. The van der Waals surface area contributed by atoms with E-state index < -0.39 is 5.60 Å². The number of ether oxygens (including phenoxy) is 1. The summed E-state index contributed by atoms with van der Waals surface area (Å²) < 4.78 is 7.37. The molecular formula is C18H27N3O3. The number of amides is 1. The van der Waals surface area contributed by atoms with Gasteiger partial charge < -0.3 is 15.2 Å². The lowest BCUT2D eigenvalue weighted by atomic mass is 9.52. The van der Waals surface area contributed by atoms with Gasteiger partial charge in [0.2, 0.25) is 5.88 Å². The first-order valence-electron chi connectivity index (χ1n) is 9.06. The molecule has 2 atom stereocenters. The number of carbonyl (C=O) groups excluding carboxylic acids is 1. The lowest BCUT2D eigenvalue weighted by Gasteiger charge is -2.58. The minimum Gasteiger partial charge on any atom is -0.475 e. The smallest absolute Gasteiger partial charge is 0.258 e. The van der Waals surface area contributed by atoms with E-state index >= 15 is 0 Å². The first kappa shape index (κ1) is 15.9. The number of aromatic nitrogens is 2. The van der Waals surface area contributed by atoms with Crippen molar-refractivity contribution in [1.82, 2.24) is 15.1 Å². The van der Waals surface area contributed by atoms with Crippen LogP contribution in [0, 0.1) is 17.8 Å². The number of rotatable bonds is 4. The summed E-state index contributed by atoms with van der Waals surface area (Å²) in [5.41, 5.74) is 0.0246. The molecule has 24 heavy (non-hydrogen) atoms. The molecule has 4 bridgehead atoms. The van der Waals surface area contributed by atoms with E-state index in [1.807, 2.05) is 13.8 Å². The largest absolute Gasteiger partial charge is 0.475 e. The monoisotopic (exact) mass is 333 g/mol. The average Bonchev–Trinajstić information content (AvgIpc) is 2.82. The molecule has 1 aromatic heterocycles. The fraction of sp³-hybridized carbons (Fsp3) is 0.778. The van der Waals surface area contributed by atoms with Crippen LogP contribution in [0.15, 0.2) is 6.20 Å². The molecule has 4 saturated carbocycles. The summed E-state index contributed by atoms with van der Waals surface area (Å²) in [7, 11) is 1.78. The highest BCUT2D eigenvalue weighted by Crippen LogP contribution is 2.55. The van der Waals surface area contributed by atoms with Crippen molar-refractivity contribution in [2.24, 2.45) is 24.8 Å². The highest BCUT2D eigenvalue weighted by molar-refractivity contribution is 5.96. The van der Waals surface area contributed by atoms with Crippen molar-refractivity contribution in [3.63, 3.8) is 0 Å². The Balaban J connectivity index is 1.51. The summed E-state index contributed by atoms with van der Waals surface area (Å²) in [5, 5.41) is 18.1. The fourth-order valence-corrected chi connectivity index (χ4v) is 5.39. The van der Waals surface area contributed by atoms with Crippen molar-refractivity contribution in [2.75, 3.05) is 0 Å². The second-order valence-corrected chi connectivity index (χ2v) is 8.35. The van der Waals surface area contributed by atoms with E-state index in [9.17, 15) is 9.90 Å². The predicted octanol–water partition coefficient (Wildman–Crippen LogP) is 1.88. The van der Waals surface area contributed by atoms with E-state index in [1.54, 1.807) is 17.9 Å². The van der Waals surface area contributed by atoms with E-state index in [2.05, 4.69) is 10.4 Å². The highest BCUT2D eigenvalue weighted by Gasteiger charge is 2.55. The molecule has 0 aromatic carbocycles. The maximum absolute atomic E-state index is 12.8. The van der Waals surface area contributed by atoms with Crippen LogP contribution in [-0.2, 0) is 7.05 Å². The van der Waals surface area contributed by atoms with Crippen LogP contribution in [0.1, 0.15) is 56.3 Å². The topological polar surface area (TPSA) is 76.4 Å².